The Morgan fingerprint density at radius 3 is 2.69 bits per heavy atom. The van der Waals surface area contributed by atoms with Crippen molar-refractivity contribution in [2.75, 3.05) is 0 Å². The molecule has 3 N–H and O–H groups in total. The Bertz CT molecular complexity index is 497. The van der Waals surface area contributed by atoms with Gasteiger partial charge in [0, 0.05) is 5.56 Å². The molecular weight excluding hydrogens is 206 g/mol. The maximum Gasteiger partial charge on any atom is 0.240 e. The molecule has 1 aromatic carbocycles. The zero-order chi connectivity index (χ0) is 11.7. The quantitative estimate of drug-likeness (QED) is 0.799. The summed E-state index contributed by atoms with van der Waals surface area (Å²) in [6.07, 6.45) is 0. The second-order valence-corrected chi connectivity index (χ2v) is 3.65. The average Bonchev–Trinajstić information content (AvgIpc) is 2.73. The minimum Gasteiger partial charge on any atom is -0.508 e. The van der Waals surface area contributed by atoms with Crippen LogP contribution in [-0.2, 0) is 6.54 Å². The van der Waals surface area contributed by atoms with Crippen LogP contribution in [0.3, 0.4) is 0 Å². The molecule has 84 valence electrons. The maximum absolute atomic E-state index is 9.70. The molecule has 0 aliphatic rings. The number of hydrogen-bond acceptors (Lipinski definition) is 5. The van der Waals surface area contributed by atoms with Crippen LogP contribution in [0.25, 0.3) is 11.4 Å². The molecule has 0 aliphatic heterocycles. The number of hydrogen-bond donors (Lipinski definition) is 2. The molecule has 0 saturated carbocycles. The van der Waals surface area contributed by atoms with Gasteiger partial charge in [0.25, 0.3) is 0 Å². The van der Waals surface area contributed by atoms with Crippen molar-refractivity contribution in [3.63, 3.8) is 0 Å². The number of phenolic OH excluding ortho intramolecular Hbond substituents is 1. The lowest BCUT2D eigenvalue weighted by molar-refractivity contribution is 0.380. The van der Waals surface area contributed by atoms with Gasteiger partial charge >= 0.3 is 0 Å². The molecule has 0 bridgehead atoms. The first-order valence-corrected chi connectivity index (χ1v) is 4.95. The molecule has 0 atom stereocenters. The van der Waals surface area contributed by atoms with Crippen LogP contribution in [-0.4, -0.2) is 15.2 Å². The molecule has 1 aromatic heterocycles. The van der Waals surface area contributed by atoms with Crippen molar-refractivity contribution < 1.29 is 9.63 Å². The van der Waals surface area contributed by atoms with Crippen LogP contribution in [0.15, 0.2) is 16.7 Å². The fourth-order valence-corrected chi connectivity index (χ4v) is 1.42. The predicted molar refractivity (Wildman–Crippen MR) is 58.8 cm³/mol. The minimum absolute atomic E-state index is 0.212. The van der Waals surface area contributed by atoms with E-state index in [2.05, 4.69) is 10.1 Å². The third-order valence-corrected chi connectivity index (χ3v) is 2.54. The molecule has 0 aliphatic carbocycles. The standard InChI is InChI=1S/C11H13N3O2/c1-6-3-8(4-9(15)7(6)2)11-13-10(5-12)16-14-11/h3-4,15H,5,12H2,1-2H3. The van der Waals surface area contributed by atoms with Gasteiger partial charge < -0.3 is 15.4 Å². The highest BCUT2D eigenvalue weighted by Crippen LogP contribution is 2.27. The highest BCUT2D eigenvalue weighted by molar-refractivity contribution is 5.60. The Labute approximate surface area is 92.9 Å². The van der Waals surface area contributed by atoms with Crippen molar-refractivity contribution in [1.82, 2.24) is 10.1 Å². The number of nitrogens with zero attached hydrogens (tertiary/aromatic N) is 2. The number of aromatic nitrogens is 2. The molecule has 0 amide bonds. The SMILES string of the molecule is Cc1cc(-c2noc(CN)n2)cc(O)c1C. The lowest BCUT2D eigenvalue weighted by Gasteiger charge is -2.04. The van der Waals surface area contributed by atoms with Crippen molar-refractivity contribution in [3.8, 4) is 17.1 Å². The fraction of sp³-hybridized carbons (Fsp3) is 0.273. The summed E-state index contributed by atoms with van der Waals surface area (Å²) in [7, 11) is 0. The van der Waals surface area contributed by atoms with E-state index in [1.165, 1.54) is 0 Å². The number of aryl methyl sites for hydroxylation is 1. The summed E-state index contributed by atoms with van der Waals surface area (Å²) in [5.41, 5.74) is 7.94. The molecule has 1 heterocycles. The molecule has 0 saturated heterocycles. The van der Waals surface area contributed by atoms with Crippen molar-refractivity contribution in [1.29, 1.82) is 0 Å². The van der Waals surface area contributed by atoms with E-state index in [0.717, 1.165) is 16.7 Å². The van der Waals surface area contributed by atoms with E-state index < -0.39 is 0 Å². The number of aromatic hydroxyl groups is 1. The van der Waals surface area contributed by atoms with Crippen LogP contribution in [0.2, 0.25) is 0 Å². The van der Waals surface area contributed by atoms with E-state index in [-0.39, 0.29) is 12.3 Å². The molecule has 5 nitrogen and oxygen atoms in total. The van der Waals surface area contributed by atoms with Gasteiger partial charge in [-0.05, 0) is 37.1 Å². The molecular formula is C11H13N3O2. The fourth-order valence-electron chi connectivity index (χ4n) is 1.42. The van der Waals surface area contributed by atoms with E-state index >= 15 is 0 Å². The van der Waals surface area contributed by atoms with E-state index in [1.807, 2.05) is 19.9 Å². The van der Waals surface area contributed by atoms with Crippen molar-refractivity contribution in [2.24, 2.45) is 5.73 Å². The van der Waals surface area contributed by atoms with Gasteiger partial charge in [-0.15, -0.1) is 0 Å². The summed E-state index contributed by atoms with van der Waals surface area (Å²) < 4.78 is 4.91. The molecule has 16 heavy (non-hydrogen) atoms. The molecule has 5 heteroatoms. The largest absolute Gasteiger partial charge is 0.508 e. The minimum atomic E-state index is 0.212. The molecule has 2 rings (SSSR count). The smallest absolute Gasteiger partial charge is 0.240 e. The highest BCUT2D eigenvalue weighted by Gasteiger charge is 2.10. The van der Waals surface area contributed by atoms with Gasteiger partial charge in [0.2, 0.25) is 11.7 Å². The number of nitrogens with two attached hydrogens (primary N) is 1. The summed E-state index contributed by atoms with van der Waals surface area (Å²) in [5, 5.41) is 13.5. The lowest BCUT2D eigenvalue weighted by atomic mass is 10.0. The van der Waals surface area contributed by atoms with E-state index in [0.29, 0.717) is 11.7 Å². The first-order valence-electron chi connectivity index (χ1n) is 4.95. The average molecular weight is 219 g/mol. The van der Waals surface area contributed by atoms with Crippen LogP contribution in [0.1, 0.15) is 17.0 Å². The maximum atomic E-state index is 9.70. The predicted octanol–water partition coefficient (Wildman–Crippen LogP) is 1.52. The van der Waals surface area contributed by atoms with Crippen molar-refractivity contribution in [2.45, 2.75) is 20.4 Å². The van der Waals surface area contributed by atoms with Gasteiger partial charge in [-0.2, -0.15) is 4.98 Å². The Hall–Kier alpha value is -1.88. The number of rotatable bonds is 2. The monoisotopic (exact) mass is 219 g/mol. The van der Waals surface area contributed by atoms with E-state index in [4.69, 9.17) is 10.3 Å². The van der Waals surface area contributed by atoms with Crippen LogP contribution in [0.4, 0.5) is 0 Å². The number of phenols is 1. The van der Waals surface area contributed by atoms with Gasteiger partial charge in [0.1, 0.15) is 5.75 Å². The second-order valence-electron chi connectivity index (χ2n) is 3.65. The van der Waals surface area contributed by atoms with Gasteiger partial charge in [-0.25, -0.2) is 0 Å². The van der Waals surface area contributed by atoms with Gasteiger partial charge in [-0.3, -0.25) is 0 Å². The van der Waals surface area contributed by atoms with Gasteiger partial charge in [-0.1, -0.05) is 5.16 Å². The van der Waals surface area contributed by atoms with E-state index in [9.17, 15) is 5.11 Å². The summed E-state index contributed by atoms with van der Waals surface area (Å²) >= 11 is 0. The molecule has 0 fully saturated rings. The highest BCUT2D eigenvalue weighted by atomic mass is 16.5. The molecule has 0 unspecified atom stereocenters. The molecule has 0 radical (unpaired) electrons. The Morgan fingerprint density at radius 2 is 2.12 bits per heavy atom. The Kier molecular flexibility index (Phi) is 2.62. The zero-order valence-electron chi connectivity index (χ0n) is 9.19. The third kappa shape index (κ3) is 1.77. The topological polar surface area (TPSA) is 85.2 Å². The normalized spacial score (nSPS) is 10.7. The van der Waals surface area contributed by atoms with Crippen molar-refractivity contribution >= 4 is 0 Å². The third-order valence-electron chi connectivity index (χ3n) is 2.54. The number of benzene rings is 1. The molecule has 2 aromatic rings. The van der Waals surface area contributed by atoms with Gasteiger partial charge in [0.15, 0.2) is 0 Å². The van der Waals surface area contributed by atoms with Crippen molar-refractivity contribution in [3.05, 3.63) is 29.2 Å². The zero-order valence-corrected chi connectivity index (χ0v) is 9.19. The van der Waals surface area contributed by atoms with Gasteiger partial charge in [0.05, 0.1) is 6.54 Å². The summed E-state index contributed by atoms with van der Waals surface area (Å²) in [5.74, 6) is 1.06. The summed E-state index contributed by atoms with van der Waals surface area (Å²) in [6.45, 7) is 3.99. The first-order chi connectivity index (χ1) is 7.61. The van der Waals surface area contributed by atoms with Crippen LogP contribution < -0.4 is 5.73 Å². The lowest BCUT2D eigenvalue weighted by Crippen LogP contribution is -1.95. The Balaban J connectivity index is 2.48. The second kappa shape index (κ2) is 3.94. The van der Waals surface area contributed by atoms with Crippen LogP contribution in [0.5, 0.6) is 5.75 Å². The van der Waals surface area contributed by atoms with Crippen LogP contribution in [0, 0.1) is 13.8 Å². The van der Waals surface area contributed by atoms with Crippen LogP contribution >= 0.6 is 0 Å². The summed E-state index contributed by atoms with van der Waals surface area (Å²) in [6, 6.07) is 3.52. The van der Waals surface area contributed by atoms with E-state index in [1.54, 1.807) is 6.07 Å². The summed E-state index contributed by atoms with van der Waals surface area (Å²) in [4.78, 5) is 4.10. The first kappa shape index (κ1) is 10.6. The Morgan fingerprint density at radius 1 is 1.38 bits per heavy atom. The molecule has 0 spiro atoms.